The second kappa shape index (κ2) is 4.73. The number of nitrogens with one attached hydrogen (secondary N) is 1. The summed E-state index contributed by atoms with van der Waals surface area (Å²) in [5.74, 6) is 0.901. The Kier molecular flexibility index (Phi) is 2.93. The van der Waals surface area contributed by atoms with Crippen LogP contribution in [-0.4, -0.2) is 13.7 Å². The molecule has 2 aromatic carbocycles. The summed E-state index contributed by atoms with van der Waals surface area (Å²) in [5, 5.41) is 3.47. The highest BCUT2D eigenvalue weighted by Gasteiger charge is 2.09. The zero-order valence-corrected chi connectivity index (χ0v) is 10.6. The van der Waals surface area contributed by atoms with E-state index in [1.54, 1.807) is 7.11 Å². The quantitative estimate of drug-likeness (QED) is 0.862. The fourth-order valence-electron chi connectivity index (χ4n) is 2.44. The molecule has 92 valence electrons. The molecule has 0 aromatic heterocycles. The summed E-state index contributed by atoms with van der Waals surface area (Å²) in [6, 6.07) is 14.9. The van der Waals surface area contributed by atoms with E-state index in [1.807, 2.05) is 12.1 Å². The van der Waals surface area contributed by atoms with Crippen molar-refractivity contribution in [3.8, 4) is 16.9 Å². The molecule has 1 heterocycles. The fourth-order valence-corrected chi connectivity index (χ4v) is 2.44. The molecule has 0 amide bonds. The number of hydrogen-bond acceptors (Lipinski definition) is 2. The molecule has 1 N–H and O–H groups in total. The molecule has 0 saturated heterocycles. The van der Waals surface area contributed by atoms with E-state index in [4.69, 9.17) is 4.74 Å². The summed E-state index contributed by atoms with van der Waals surface area (Å²) in [6.45, 7) is 1.08. The number of hydrogen-bond donors (Lipinski definition) is 1. The Bertz CT molecular complexity index is 563. The van der Waals surface area contributed by atoms with Crippen LogP contribution in [0.4, 0.5) is 5.69 Å². The van der Waals surface area contributed by atoms with Crippen LogP contribution in [0.25, 0.3) is 11.1 Å². The summed E-state index contributed by atoms with van der Waals surface area (Å²) < 4.78 is 5.27. The van der Waals surface area contributed by atoms with Crippen molar-refractivity contribution in [3.63, 3.8) is 0 Å². The topological polar surface area (TPSA) is 21.3 Å². The minimum atomic E-state index is 0.901. The van der Waals surface area contributed by atoms with Crippen molar-refractivity contribution in [2.45, 2.75) is 12.8 Å². The van der Waals surface area contributed by atoms with Gasteiger partial charge in [0.2, 0.25) is 0 Å². The van der Waals surface area contributed by atoms with E-state index in [9.17, 15) is 0 Å². The minimum absolute atomic E-state index is 0.901. The van der Waals surface area contributed by atoms with Crippen LogP contribution in [0.3, 0.4) is 0 Å². The van der Waals surface area contributed by atoms with Crippen LogP contribution in [0.15, 0.2) is 42.5 Å². The SMILES string of the molecule is COc1cccc(-c2ccc3c(c2)NCCC3)c1. The summed E-state index contributed by atoms with van der Waals surface area (Å²) in [4.78, 5) is 0. The van der Waals surface area contributed by atoms with E-state index >= 15 is 0 Å². The average Bonchev–Trinajstić information content (AvgIpc) is 2.47. The summed E-state index contributed by atoms with van der Waals surface area (Å²) >= 11 is 0. The number of aryl methyl sites for hydroxylation is 1. The second-order valence-corrected chi connectivity index (χ2v) is 4.63. The molecule has 3 rings (SSSR count). The zero-order valence-electron chi connectivity index (χ0n) is 10.6. The van der Waals surface area contributed by atoms with Gasteiger partial charge in [-0.05, 0) is 47.7 Å². The van der Waals surface area contributed by atoms with Gasteiger partial charge in [0.1, 0.15) is 5.75 Å². The third kappa shape index (κ3) is 2.06. The van der Waals surface area contributed by atoms with Crippen molar-refractivity contribution in [1.82, 2.24) is 0 Å². The van der Waals surface area contributed by atoms with Crippen molar-refractivity contribution in [2.75, 3.05) is 19.0 Å². The molecule has 0 fully saturated rings. The molecule has 0 saturated carbocycles. The highest BCUT2D eigenvalue weighted by molar-refractivity contribution is 5.71. The molecule has 0 bridgehead atoms. The first-order valence-electron chi connectivity index (χ1n) is 6.38. The molecule has 1 aliphatic rings. The van der Waals surface area contributed by atoms with E-state index in [-0.39, 0.29) is 0 Å². The maximum absolute atomic E-state index is 5.27. The molecule has 0 radical (unpaired) electrons. The van der Waals surface area contributed by atoms with Gasteiger partial charge in [-0.2, -0.15) is 0 Å². The van der Waals surface area contributed by atoms with Crippen LogP contribution < -0.4 is 10.1 Å². The van der Waals surface area contributed by atoms with Gasteiger partial charge in [-0.25, -0.2) is 0 Å². The van der Waals surface area contributed by atoms with Crippen LogP contribution >= 0.6 is 0 Å². The first kappa shape index (κ1) is 11.1. The smallest absolute Gasteiger partial charge is 0.119 e. The van der Waals surface area contributed by atoms with Gasteiger partial charge in [0.15, 0.2) is 0 Å². The molecular weight excluding hydrogens is 222 g/mol. The van der Waals surface area contributed by atoms with Crippen LogP contribution in [0, 0.1) is 0 Å². The Morgan fingerprint density at radius 2 is 1.94 bits per heavy atom. The Balaban J connectivity index is 2.00. The molecule has 1 aliphatic heterocycles. The van der Waals surface area contributed by atoms with Gasteiger partial charge in [0.05, 0.1) is 7.11 Å². The standard InChI is InChI=1S/C16H17NO/c1-18-15-6-2-4-13(10-15)14-8-7-12-5-3-9-17-16(12)11-14/h2,4,6-8,10-11,17H,3,5,9H2,1H3. The lowest BCUT2D eigenvalue weighted by molar-refractivity contribution is 0.415. The van der Waals surface area contributed by atoms with Crippen molar-refractivity contribution in [3.05, 3.63) is 48.0 Å². The Morgan fingerprint density at radius 3 is 2.83 bits per heavy atom. The van der Waals surface area contributed by atoms with Crippen molar-refractivity contribution < 1.29 is 4.74 Å². The number of anilines is 1. The molecule has 18 heavy (non-hydrogen) atoms. The number of rotatable bonds is 2. The van der Waals surface area contributed by atoms with Gasteiger partial charge >= 0.3 is 0 Å². The highest BCUT2D eigenvalue weighted by atomic mass is 16.5. The maximum atomic E-state index is 5.27. The van der Waals surface area contributed by atoms with Crippen molar-refractivity contribution in [1.29, 1.82) is 0 Å². The summed E-state index contributed by atoms with van der Waals surface area (Å²) in [7, 11) is 1.70. The Labute approximate surface area is 108 Å². The molecule has 2 aromatic rings. The second-order valence-electron chi connectivity index (χ2n) is 4.63. The van der Waals surface area contributed by atoms with Crippen molar-refractivity contribution in [2.24, 2.45) is 0 Å². The third-order valence-electron chi connectivity index (χ3n) is 3.45. The van der Waals surface area contributed by atoms with Gasteiger partial charge in [-0.3, -0.25) is 0 Å². The van der Waals surface area contributed by atoms with Crippen LogP contribution in [0.2, 0.25) is 0 Å². The maximum Gasteiger partial charge on any atom is 0.119 e. The highest BCUT2D eigenvalue weighted by Crippen LogP contribution is 2.30. The lowest BCUT2D eigenvalue weighted by Crippen LogP contribution is -2.11. The predicted octanol–water partition coefficient (Wildman–Crippen LogP) is 3.72. The molecule has 0 unspecified atom stereocenters. The van der Waals surface area contributed by atoms with E-state index in [0.29, 0.717) is 0 Å². The van der Waals surface area contributed by atoms with Gasteiger partial charge in [-0.15, -0.1) is 0 Å². The van der Waals surface area contributed by atoms with Gasteiger partial charge < -0.3 is 10.1 Å². The van der Waals surface area contributed by atoms with E-state index in [2.05, 4.69) is 35.6 Å². The third-order valence-corrected chi connectivity index (χ3v) is 3.45. The van der Waals surface area contributed by atoms with E-state index in [1.165, 1.54) is 35.2 Å². The zero-order chi connectivity index (χ0) is 12.4. The lowest BCUT2D eigenvalue weighted by Gasteiger charge is -2.18. The van der Waals surface area contributed by atoms with E-state index in [0.717, 1.165) is 12.3 Å². The van der Waals surface area contributed by atoms with Crippen LogP contribution in [0.5, 0.6) is 5.75 Å². The minimum Gasteiger partial charge on any atom is -0.497 e. The monoisotopic (exact) mass is 239 g/mol. The number of methoxy groups -OCH3 is 1. The predicted molar refractivity (Wildman–Crippen MR) is 75.2 cm³/mol. The lowest BCUT2D eigenvalue weighted by atomic mass is 9.98. The molecule has 0 spiro atoms. The van der Waals surface area contributed by atoms with Crippen LogP contribution in [-0.2, 0) is 6.42 Å². The molecule has 0 aliphatic carbocycles. The summed E-state index contributed by atoms with van der Waals surface area (Å²) in [5.41, 5.74) is 5.14. The van der Waals surface area contributed by atoms with Gasteiger partial charge in [0, 0.05) is 12.2 Å². The normalized spacial score (nSPS) is 13.6. The first-order valence-corrected chi connectivity index (χ1v) is 6.38. The number of ether oxygens (including phenoxy) is 1. The van der Waals surface area contributed by atoms with E-state index < -0.39 is 0 Å². The number of benzene rings is 2. The average molecular weight is 239 g/mol. The molecule has 0 atom stereocenters. The van der Waals surface area contributed by atoms with Crippen molar-refractivity contribution >= 4 is 5.69 Å². The van der Waals surface area contributed by atoms with Gasteiger partial charge in [-0.1, -0.05) is 24.3 Å². The number of fused-ring (bicyclic) bond motifs is 1. The Morgan fingerprint density at radius 1 is 1.06 bits per heavy atom. The molecular formula is C16H17NO. The fraction of sp³-hybridized carbons (Fsp3) is 0.250. The molecule has 2 heteroatoms. The Hall–Kier alpha value is -1.96. The largest absolute Gasteiger partial charge is 0.497 e. The summed E-state index contributed by atoms with van der Waals surface area (Å²) in [6.07, 6.45) is 2.41. The van der Waals surface area contributed by atoms with Crippen LogP contribution in [0.1, 0.15) is 12.0 Å². The first-order chi connectivity index (χ1) is 8.86. The molecule has 2 nitrogen and oxygen atoms in total. The van der Waals surface area contributed by atoms with Gasteiger partial charge in [0.25, 0.3) is 0 Å².